The first-order valence-corrected chi connectivity index (χ1v) is 9.54. The fourth-order valence-corrected chi connectivity index (χ4v) is 3.44. The van der Waals surface area contributed by atoms with Crippen LogP contribution >= 0.6 is 0 Å². The Morgan fingerprint density at radius 3 is 2.84 bits per heavy atom. The number of sulfone groups is 1. The van der Waals surface area contributed by atoms with E-state index in [-0.39, 0.29) is 24.1 Å². The van der Waals surface area contributed by atoms with Gasteiger partial charge in [0.15, 0.2) is 0 Å². The van der Waals surface area contributed by atoms with E-state index in [2.05, 4.69) is 9.97 Å². The van der Waals surface area contributed by atoms with E-state index >= 15 is 0 Å². The van der Waals surface area contributed by atoms with E-state index in [9.17, 15) is 17.6 Å². The van der Waals surface area contributed by atoms with Crippen molar-refractivity contribution in [1.82, 2.24) is 14.9 Å². The van der Waals surface area contributed by atoms with Crippen LogP contribution in [0.4, 0.5) is 4.39 Å². The Morgan fingerprint density at radius 2 is 2.16 bits per heavy atom. The molecular formula is C16H18FN3O4S. The maximum absolute atomic E-state index is 14.1. The van der Waals surface area contributed by atoms with Gasteiger partial charge >= 0.3 is 0 Å². The summed E-state index contributed by atoms with van der Waals surface area (Å²) in [6.07, 6.45) is 1.40. The van der Waals surface area contributed by atoms with Gasteiger partial charge in [-0.25, -0.2) is 17.8 Å². The summed E-state index contributed by atoms with van der Waals surface area (Å²) < 4.78 is 42.6. The average molecular weight is 367 g/mol. The molecule has 3 rings (SSSR count). The molecule has 0 unspecified atom stereocenters. The molecule has 25 heavy (non-hydrogen) atoms. The summed E-state index contributed by atoms with van der Waals surface area (Å²) in [7, 11) is -2.14. The lowest BCUT2D eigenvalue weighted by molar-refractivity contribution is 0.232. The van der Waals surface area contributed by atoms with Crippen molar-refractivity contribution in [2.24, 2.45) is 0 Å². The monoisotopic (exact) mass is 367 g/mol. The van der Waals surface area contributed by atoms with Gasteiger partial charge in [-0.05, 0) is 18.6 Å². The van der Waals surface area contributed by atoms with Gasteiger partial charge in [-0.3, -0.25) is 14.7 Å². The second kappa shape index (κ2) is 6.57. The van der Waals surface area contributed by atoms with E-state index in [1.807, 2.05) is 4.90 Å². The molecular weight excluding hydrogens is 349 g/mol. The SMILES string of the molecule is COc1cccc(F)c1CN1CCc2c(nc(S(C)(=O)=O)[nH]c2=O)C1. The van der Waals surface area contributed by atoms with Crippen molar-refractivity contribution in [3.05, 3.63) is 51.2 Å². The lowest BCUT2D eigenvalue weighted by Gasteiger charge is -2.28. The number of halogens is 1. The fraction of sp³-hybridized carbons (Fsp3) is 0.375. The van der Waals surface area contributed by atoms with E-state index in [4.69, 9.17) is 4.74 Å². The van der Waals surface area contributed by atoms with Crippen molar-refractivity contribution in [3.63, 3.8) is 0 Å². The van der Waals surface area contributed by atoms with E-state index in [0.29, 0.717) is 35.5 Å². The van der Waals surface area contributed by atoms with Crippen LogP contribution in [0.25, 0.3) is 0 Å². The summed E-state index contributed by atoms with van der Waals surface area (Å²) >= 11 is 0. The normalized spacial score (nSPS) is 15.0. The number of nitrogens with zero attached hydrogens (tertiary/aromatic N) is 2. The Balaban J connectivity index is 1.91. The number of hydrogen-bond donors (Lipinski definition) is 1. The fourth-order valence-electron chi connectivity index (χ4n) is 2.89. The van der Waals surface area contributed by atoms with Crippen LogP contribution in [-0.2, 0) is 29.3 Å². The van der Waals surface area contributed by atoms with Crippen molar-refractivity contribution < 1.29 is 17.5 Å². The van der Waals surface area contributed by atoms with Gasteiger partial charge in [-0.2, -0.15) is 0 Å². The van der Waals surface area contributed by atoms with Gasteiger partial charge < -0.3 is 4.74 Å². The summed E-state index contributed by atoms with van der Waals surface area (Å²) in [5, 5.41) is -0.346. The highest BCUT2D eigenvalue weighted by Crippen LogP contribution is 2.25. The number of H-pyrrole nitrogens is 1. The predicted octanol–water partition coefficient (Wildman–Crippen LogP) is 0.879. The molecule has 2 aromatic rings. The van der Waals surface area contributed by atoms with Gasteiger partial charge in [-0.15, -0.1) is 0 Å². The molecule has 2 heterocycles. The molecule has 0 saturated carbocycles. The predicted molar refractivity (Wildman–Crippen MR) is 88.7 cm³/mol. The lowest BCUT2D eigenvalue weighted by Crippen LogP contribution is -2.36. The molecule has 0 saturated heterocycles. The van der Waals surface area contributed by atoms with Gasteiger partial charge in [0.2, 0.25) is 15.0 Å². The molecule has 1 aromatic carbocycles. The third kappa shape index (κ3) is 3.57. The summed E-state index contributed by atoms with van der Waals surface area (Å²) in [6, 6.07) is 4.62. The van der Waals surface area contributed by atoms with Crippen molar-refractivity contribution in [2.45, 2.75) is 24.7 Å². The van der Waals surface area contributed by atoms with Gasteiger partial charge in [0, 0.05) is 37.0 Å². The average Bonchev–Trinajstić information content (AvgIpc) is 2.55. The number of fused-ring (bicyclic) bond motifs is 1. The molecule has 0 atom stereocenters. The van der Waals surface area contributed by atoms with Crippen LogP contribution in [0, 0.1) is 5.82 Å². The smallest absolute Gasteiger partial charge is 0.255 e. The van der Waals surface area contributed by atoms with Crippen LogP contribution in [0.5, 0.6) is 5.75 Å². The third-order valence-electron chi connectivity index (χ3n) is 4.16. The topological polar surface area (TPSA) is 92.4 Å². The molecule has 0 amide bonds. The van der Waals surface area contributed by atoms with Crippen molar-refractivity contribution in [2.75, 3.05) is 19.9 Å². The van der Waals surface area contributed by atoms with Crippen molar-refractivity contribution in [3.8, 4) is 5.75 Å². The molecule has 1 aromatic heterocycles. The Morgan fingerprint density at radius 1 is 1.40 bits per heavy atom. The number of ether oxygens (including phenoxy) is 1. The summed E-state index contributed by atoms with van der Waals surface area (Å²) in [5.74, 6) is 0.0716. The summed E-state index contributed by atoms with van der Waals surface area (Å²) in [4.78, 5) is 20.4. The first-order valence-electron chi connectivity index (χ1n) is 7.65. The molecule has 1 N–H and O–H groups in total. The van der Waals surface area contributed by atoms with Crippen LogP contribution < -0.4 is 10.3 Å². The highest BCUT2D eigenvalue weighted by molar-refractivity contribution is 7.90. The molecule has 0 radical (unpaired) electrons. The largest absolute Gasteiger partial charge is 0.496 e. The summed E-state index contributed by atoms with van der Waals surface area (Å²) in [5.41, 5.74) is 0.866. The van der Waals surface area contributed by atoms with Crippen molar-refractivity contribution in [1.29, 1.82) is 0 Å². The van der Waals surface area contributed by atoms with Gasteiger partial charge in [0.05, 0.1) is 12.8 Å². The quantitative estimate of drug-likeness (QED) is 0.807. The minimum Gasteiger partial charge on any atom is -0.496 e. The number of methoxy groups -OCH3 is 1. The molecule has 7 nitrogen and oxygen atoms in total. The maximum Gasteiger partial charge on any atom is 0.255 e. The maximum atomic E-state index is 14.1. The van der Waals surface area contributed by atoms with E-state index < -0.39 is 15.4 Å². The highest BCUT2D eigenvalue weighted by atomic mass is 32.2. The molecule has 1 aliphatic rings. The minimum absolute atomic E-state index is 0.263. The Bertz CT molecular complexity index is 972. The molecule has 0 bridgehead atoms. The summed E-state index contributed by atoms with van der Waals surface area (Å²) in [6.45, 7) is 1.07. The number of benzene rings is 1. The lowest BCUT2D eigenvalue weighted by atomic mass is 10.1. The number of rotatable bonds is 4. The molecule has 0 fully saturated rings. The Kier molecular flexibility index (Phi) is 4.61. The molecule has 0 aliphatic carbocycles. The van der Waals surface area contributed by atoms with Crippen LogP contribution in [0.2, 0.25) is 0 Å². The van der Waals surface area contributed by atoms with Crippen LogP contribution in [0.1, 0.15) is 16.8 Å². The Hall–Kier alpha value is -2.26. The van der Waals surface area contributed by atoms with Gasteiger partial charge in [-0.1, -0.05) is 6.07 Å². The standard InChI is InChI=1S/C16H18FN3O4S/c1-24-14-5-3-4-12(17)11(14)8-20-7-6-10-13(9-20)18-16(19-15(10)21)25(2,22)23/h3-5H,6-9H2,1-2H3,(H,18,19,21). The molecule has 1 aliphatic heterocycles. The van der Waals surface area contributed by atoms with E-state index in [1.165, 1.54) is 13.2 Å². The van der Waals surface area contributed by atoms with Gasteiger partial charge in [0.25, 0.3) is 5.56 Å². The van der Waals surface area contributed by atoms with Gasteiger partial charge in [0.1, 0.15) is 11.6 Å². The number of hydrogen-bond acceptors (Lipinski definition) is 6. The minimum atomic E-state index is -3.62. The second-order valence-corrected chi connectivity index (χ2v) is 7.88. The highest BCUT2D eigenvalue weighted by Gasteiger charge is 2.24. The number of nitrogens with one attached hydrogen (secondary N) is 1. The molecule has 9 heteroatoms. The number of aromatic amines is 1. The van der Waals surface area contributed by atoms with Crippen LogP contribution in [0.15, 0.2) is 28.2 Å². The zero-order chi connectivity index (χ0) is 18.2. The van der Waals surface area contributed by atoms with Crippen LogP contribution in [0.3, 0.4) is 0 Å². The zero-order valence-electron chi connectivity index (χ0n) is 13.9. The zero-order valence-corrected chi connectivity index (χ0v) is 14.7. The third-order valence-corrected chi connectivity index (χ3v) is 5.06. The van der Waals surface area contributed by atoms with E-state index in [0.717, 1.165) is 6.26 Å². The first kappa shape index (κ1) is 17.6. The van der Waals surface area contributed by atoms with E-state index in [1.54, 1.807) is 12.1 Å². The van der Waals surface area contributed by atoms with Crippen molar-refractivity contribution >= 4 is 9.84 Å². The van der Waals surface area contributed by atoms with Crippen LogP contribution in [-0.4, -0.2) is 43.2 Å². The second-order valence-electron chi connectivity index (χ2n) is 5.95. The molecule has 134 valence electrons. The molecule has 0 spiro atoms. The Labute approximate surface area is 144 Å². The number of aromatic nitrogens is 2. The first-order chi connectivity index (χ1) is 11.8.